The van der Waals surface area contributed by atoms with Gasteiger partial charge in [0.25, 0.3) is 0 Å². The molecular formula is C16H21BrFNO2. The molecule has 116 valence electrons. The Bertz CT molecular complexity index is 507. The van der Waals surface area contributed by atoms with Crippen LogP contribution in [0.1, 0.15) is 39.2 Å². The van der Waals surface area contributed by atoms with Gasteiger partial charge in [-0.15, -0.1) is 0 Å². The van der Waals surface area contributed by atoms with E-state index in [-0.39, 0.29) is 17.8 Å². The summed E-state index contributed by atoms with van der Waals surface area (Å²) in [4.78, 5) is 14.3. The molecule has 1 aromatic carbocycles. The zero-order valence-corrected chi connectivity index (χ0v) is 14.2. The fraction of sp³-hybridized carbons (Fsp3) is 0.562. The van der Waals surface area contributed by atoms with Crippen LogP contribution >= 0.6 is 15.9 Å². The van der Waals surface area contributed by atoms with E-state index in [1.807, 2.05) is 26.8 Å². The normalized spacial score (nSPS) is 19.8. The molecule has 0 spiro atoms. The highest BCUT2D eigenvalue weighted by Crippen LogP contribution is 2.24. The Hall–Kier alpha value is -0.940. The Morgan fingerprint density at radius 2 is 2.14 bits per heavy atom. The predicted octanol–water partition coefficient (Wildman–Crippen LogP) is 3.89. The number of hydrogen-bond acceptors (Lipinski definition) is 3. The number of ether oxygens (including phenoxy) is 1. The molecule has 0 radical (unpaired) electrons. The van der Waals surface area contributed by atoms with Crippen molar-refractivity contribution in [2.24, 2.45) is 0 Å². The topological polar surface area (TPSA) is 29.5 Å². The van der Waals surface area contributed by atoms with Gasteiger partial charge in [0.05, 0.1) is 0 Å². The first kappa shape index (κ1) is 16.4. The third-order valence-electron chi connectivity index (χ3n) is 3.35. The molecule has 1 fully saturated rings. The summed E-state index contributed by atoms with van der Waals surface area (Å²) < 4.78 is 19.6. The van der Waals surface area contributed by atoms with Gasteiger partial charge in [0.1, 0.15) is 17.5 Å². The average Bonchev–Trinajstić information content (AvgIpc) is 2.73. The van der Waals surface area contributed by atoms with Gasteiger partial charge in [-0.05, 0) is 63.9 Å². The smallest absolute Gasteiger partial charge is 0.323 e. The van der Waals surface area contributed by atoms with E-state index in [1.54, 1.807) is 0 Å². The Morgan fingerprint density at radius 3 is 2.76 bits per heavy atom. The van der Waals surface area contributed by atoms with E-state index < -0.39 is 5.60 Å². The largest absolute Gasteiger partial charge is 0.459 e. The van der Waals surface area contributed by atoms with Gasteiger partial charge >= 0.3 is 5.97 Å². The van der Waals surface area contributed by atoms with Crippen molar-refractivity contribution in [3.05, 3.63) is 34.1 Å². The SMILES string of the molecule is CC(C)(C)OC(=O)[C@@H]1CCCN1Cc1cc(F)cc(Br)c1. The van der Waals surface area contributed by atoms with Gasteiger partial charge in [-0.25, -0.2) is 4.39 Å². The number of likely N-dealkylation sites (tertiary alicyclic amines) is 1. The molecule has 0 aliphatic carbocycles. The molecule has 1 atom stereocenters. The molecule has 2 rings (SSSR count). The number of halogens is 2. The molecule has 1 aromatic rings. The van der Waals surface area contributed by atoms with Crippen LogP contribution in [0.3, 0.4) is 0 Å². The Balaban J connectivity index is 2.06. The van der Waals surface area contributed by atoms with E-state index in [0.717, 1.165) is 24.9 Å². The number of hydrogen-bond donors (Lipinski definition) is 0. The highest BCUT2D eigenvalue weighted by molar-refractivity contribution is 9.10. The van der Waals surface area contributed by atoms with Gasteiger partial charge in [-0.1, -0.05) is 15.9 Å². The van der Waals surface area contributed by atoms with Crippen molar-refractivity contribution in [2.75, 3.05) is 6.54 Å². The highest BCUT2D eigenvalue weighted by Gasteiger charge is 2.34. The molecule has 1 aliphatic rings. The zero-order valence-electron chi connectivity index (χ0n) is 12.7. The first-order valence-corrected chi connectivity index (χ1v) is 7.96. The first-order valence-electron chi connectivity index (χ1n) is 7.16. The number of carbonyl (C=O) groups excluding carboxylic acids is 1. The Labute approximate surface area is 133 Å². The van der Waals surface area contributed by atoms with E-state index in [9.17, 15) is 9.18 Å². The number of esters is 1. The Morgan fingerprint density at radius 1 is 1.43 bits per heavy atom. The number of benzene rings is 1. The minimum atomic E-state index is -0.479. The van der Waals surface area contributed by atoms with Crippen LogP contribution < -0.4 is 0 Å². The van der Waals surface area contributed by atoms with Gasteiger partial charge in [0.15, 0.2) is 0 Å². The van der Waals surface area contributed by atoms with Crippen molar-refractivity contribution >= 4 is 21.9 Å². The Kier molecular flexibility index (Phi) is 5.04. The van der Waals surface area contributed by atoms with Crippen LogP contribution in [0.5, 0.6) is 0 Å². The lowest BCUT2D eigenvalue weighted by Gasteiger charge is -2.27. The van der Waals surface area contributed by atoms with E-state index in [1.165, 1.54) is 12.1 Å². The molecule has 0 unspecified atom stereocenters. The number of nitrogens with zero attached hydrogens (tertiary/aromatic N) is 1. The van der Waals surface area contributed by atoms with Crippen molar-refractivity contribution in [3.8, 4) is 0 Å². The summed E-state index contributed by atoms with van der Waals surface area (Å²) in [7, 11) is 0. The van der Waals surface area contributed by atoms with E-state index in [2.05, 4.69) is 20.8 Å². The molecule has 1 saturated heterocycles. The summed E-state index contributed by atoms with van der Waals surface area (Å²) in [5.41, 5.74) is 0.380. The molecule has 21 heavy (non-hydrogen) atoms. The summed E-state index contributed by atoms with van der Waals surface area (Å²) in [6.07, 6.45) is 1.76. The molecule has 0 N–H and O–H groups in total. The maximum absolute atomic E-state index is 13.4. The minimum absolute atomic E-state index is 0.185. The van der Waals surface area contributed by atoms with Gasteiger partial charge in [0, 0.05) is 11.0 Å². The summed E-state index contributed by atoms with van der Waals surface area (Å²) >= 11 is 3.30. The molecule has 0 saturated carbocycles. The van der Waals surface area contributed by atoms with Crippen molar-refractivity contribution in [1.82, 2.24) is 4.90 Å². The first-order chi connectivity index (χ1) is 9.74. The summed E-state index contributed by atoms with van der Waals surface area (Å²) in [5.74, 6) is -0.456. The standard InChI is InChI=1S/C16H21BrFNO2/c1-16(2,3)21-15(20)14-5-4-6-19(14)10-11-7-12(17)9-13(18)8-11/h7-9,14H,4-6,10H2,1-3H3/t14-/m0/s1. The molecule has 0 aromatic heterocycles. The fourth-order valence-electron chi connectivity index (χ4n) is 2.59. The third kappa shape index (κ3) is 4.78. The van der Waals surface area contributed by atoms with Gasteiger partial charge in [-0.3, -0.25) is 9.69 Å². The average molecular weight is 358 g/mol. The van der Waals surface area contributed by atoms with Gasteiger partial charge in [-0.2, -0.15) is 0 Å². The van der Waals surface area contributed by atoms with Crippen molar-refractivity contribution < 1.29 is 13.9 Å². The highest BCUT2D eigenvalue weighted by atomic mass is 79.9. The second kappa shape index (κ2) is 6.44. The van der Waals surface area contributed by atoms with E-state index in [0.29, 0.717) is 11.0 Å². The van der Waals surface area contributed by atoms with Crippen LogP contribution in [0.15, 0.2) is 22.7 Å². The fourth-order valence-corrected chi connectivity index (χ4v) is 3.10. The van der Waals surface area contributed by atoms with Crippen molar-refractivity contribution in [3.63, 3.8) is 0 Å². The molecule has 0 bridgehead atoms. The molecule has 1 heterocycles. The summed E-state index contributed by atoms with van der Waals surface area (Å²) in [6.45, 7) is 6.99. The molecular weight excluding hydrogens is 337 g/mol. The minimum Gasteiger partial charge on any atom is -0.459 e. The zero-order chi connectivity index (χ0) is 15.6. The molecule has 0 amide bonds. The van der Waals surface area contributed by atoms with Gasteiger partial charge < -0.3 is 4.74 Å². The number of carbonyl (C=O) groups is 1. The van der Waals surface area contributed by atoms with E-state index in [4.69, 9.17) is 4.74 Å². The van der Waals surface area contributed by atoms with Crippen LogP contribution in [0.2, 0.25) is 0 Å². The summed E-state index contributed by atoms with van der Waals surface area (Å²) in [6, 6.07) is 4.59. The monoisotopic (exact) mass is 357 g/mol. The van der Waals surface area contributed by atoms with E-state index >= 15 is 0 Å². The second-order valence-corrected chi connectivity index (χ2v) is 7.36. The predicted molar refractivity (Wildman–Crippen MR) is 83.4 cm³/mol. The second-order valence-electron chi connectivity index (χ2n) is 6.44. The number of rotatable bonds is 3. The van der Waals surface area contributed by atoms with Crippen LogP contribution in [-0.4, -0.2) is 29.1 Å². The summed E-state index contributed by atoms with van der Waals surface area (Å²) in [5, 5.41) is 0. The van der Waals surface area contributed by atoms with Gasteiger partial charge in [0.2, 0.25) is 0 Å². The lowest BCUT2D eigenvalue weighted by Crippen LogP contribution is -2.40. The van der Waals surface area contributed by atoms with Crippen LogP contribution in [0, 0.1) is 5.82 Å². The van der Waals surface area contributed by atoms with Crippen molar-refractivity contribution in [2.45, 2.75) is 51.8 Å². The molecule has 1 aliphatic heterocycles. The lowest BCUT2D eigenvalue weighted by molar-refractivity contribution is -0.160. The van der Waals surface area contributed by atoms with Crippen molar-refractivity contribution in [1.29, 1.82) is 0 Å². The third-order valence-corrected chi connectivity index (χ3v) is 3.81. The molecule has 5 heteroatoms. The van der Waals surface area contributed by atoms with Crippen LogP contribution in [-0.2, 0) is 16.1 Å². The van der Waals surface area contributed by atoms with Crippen LogP contribution in [0.25, 0.3) is 0 Å². The van der Waals surface area contributed by atoms with Crippen LogP contribution in [0.4, 0.5) is 4.39 Å². The lowest BCUT2D eigenvalue weighted by atomic mass is 10.1. The molecule has 3 nitrogen and oxygen atoms in total. The maximum atomic E-state index is 13.4. The quantitative estimate of drug-likeness (QED) is 0.768. The maximum Gasteiger partial charge on any atom is 0.323 e.